The number of rotatable bonds is 2. The van der Waals surface area contributed by atoms with Gasteiger partial charge in [-0.05, 0) is 36.4 Å². The third kappa shape index (κ3) is 2.10. The largest absolute Gasteiger partial charge is 0.508 e. The van der Waals surface area contributed by atoms with Crippen molar-refractivity contribution in [3.05, 3.63) is 47.5 Å². The summed E-state index contributed by atoms with van der Waals surface area (Å²) in [5.41, 5.74) is 1.24. The first kappa shape index (κ1) is 10.9. The van der Waals surface area contributed by atoms with E-state index in [4.69, 9.17) is 25.9 Å². The number of ether oxygens (including phenoxy) is 1. The average Bonchev–Trinajstić information content (AvgIpc) is 2.73. The zero-order chi connectivity index (χ0) is 12.5. The van der Waals surface area contributed by atoms with Crippen molar-refractivity contribution in [1.29, 1.82) is 0 Å². The highest BCUT2D eigenvalue weighted by molar-refractivity contribution is 6.31. The van der Waals surface area contributed by atoms with Crippen molar-refractivity contribution in [2.75, 3.05) is 0 Å². The number of nitrogens with zero attached hydrogens (tertiary/aromatic N) is 1. The fraction of sp³-hybridized carbons (Fsp3) is 0. The van der Waals surface area contributed by atoms with Gasteiger partial charge < -0.3 is 14.3 Å². The number of fused-ring (bicyclic) bond motifs is 1. The molecule has 3 rings (SSSR count). The number of benzene rings is 2. The topological polar surface area (TPSA) is 55.5 Å². The summed E-state index contributed by atoms with van der Waals surface area (Å²) < 4.78 is 10.8. The van der Waals surface area contributed by atoms with E-state index >= 15 is 0 Å². The van der Waals surface area contributed by atoms with Gasteiger partial charge in [-0.3, -0.25) is 0 Å². The van der Waals surface area contributed by atoms with E-state index in [-0.39, 0.29) is 11.8 Å². The number of oxazole rings is 1. The minimum absolute atomic E-state index is 0.137. The Morgan fingerprint density at radius 3 is 2.67 bits per heavy atom. The van der Waals surface area contributed by atoms with Crippen molar-refractivity contribution in [2.45, 2.75) is 0 Å². The number of phenols is 1. The predicted octanol–water partition coefficient (Wildman–Crippen LogP) is 3.98. The van der Waals surface area contributed by atoms with E-state index in [2.05, 4.69) is 4.98 Å². The maximum atomic E-state index is 9.16. The Morgan fingerprint density at radius 1 is 1.11 bits per heavy atom. The highest BCUT2D eigenvalue weighted by Gasteiger charge is 2.08. The number of phenolic OH excluding ortho intramolecular Hbond substituents is 1. The maximum absolute atomic E-state index is 9.16. The van der Waals surface area contributed by atoms with Crippen LogP contribution in [0.25, 0.3) is 11.1 Å². The highest BCUT2D eigenvalue weighted by atomic mass is 35.5. The van der Waals surface area contributed by atoms with Crippen molar-refractivity contribution >= 4 is 22.7 Å². The molecule has 0 bridgehead atoms. The molecule has 4 nitrogen and oxygen atoms in total. The molecule has 0 saturated carbocycles. The van der Waals surface area contributed by atoms with Gasteiger partial charge in [-0.25, -0.2) is 0 Å². The summed E-state index contributed by atoms with van der Waals surface area (Å²) in [5.74, 6) is 0.706. The standard InChI is InChI=1S/C13H8ClNO3/c14-8-1-6-11-12(7-8)18-13(15-11)17-10-4-2-9(16)3-5-10/h1-7,16H. The van der Waals surface area contributed by atoms with Crippen LogP contribution in [0.2, 0.25) is 5.02 Å². The molecule has 0 saturated heterocycles. The summed E-state index contributed by atoms with van der Waals surface area (Å²) in [6.07, 6.45) is 0.137. The zero-order valence-corrected chi connectivity index (χ0v) is 9.89. The monoisotopic (exact) mass is 261 g/mol. The fourth-order valence-electron chi connectivity index (χ4n) is 1.54. The van der Waals surface area contributed by atoms with Gasteiger partial charge in [0.05, 0.1) is 0 Å². The summed E-state index contributed by atoms with van der Waals surface area (Å²) in [6.45, 7) is 0. The van der Waals surface area contributed by atoms with Crippen LogP contribution in [0.1, 0.15) is 0 Å². The Hall–Kier alpha value is -2.20. The molecule has 1 heterocycles. The number of aromatic nitrogens is 1. The van der Waals surface area contributed by atoms with E-state index in [0.29, 0.717) is 21.9 Å². The normalized spacial score (nSPS) is 10.7. The van der Waals surface area contributed by atoms with Crippen LogP contribution < -0.4 is 4.74 Å². The molecule has 0 aliphatic carbocycles. The lowest BCUT2D eigenvalue weighted by Crippen LogP contribution is -1.82. The number of aromatic hydroxyl groups is 1. The van der Waals surface area contributed by atoms with E-state index < -0.39 is 0 Å². The van der Waals surface area contributed by atoms with Crippen LogP contribution in [0, 0.1) is 0 Å². The molecule has 18 heavy (non-hydrogen) atoms. The van der Waals surface area contributed by atoms with Gasteiger partial charge >= 0.3 is 6.08 Å². The van der Waals surface area contributed by atoms with Crippen molar-refractivity contribution in [1.82, 2.24) is 4.98 Å². The van der Waals surface area contributed by atoms with Gasteiger partial charge in [-0.2, -0.15) is 4.98 Å². The van der Waals surface area contributed by atoms with Crippen molar-refractivity contribution in [3.63, 3.8) is 0 Å². The Balaban J connectivity index is 1.92. The van der Waals surface area contributed by atoms with Crippen molar-refractivity contribution < 1.29 is 14.3 Å². The van der Waals surface area contributed by atoms with Crippen LogP contribution in [0.4, 0.5) is 0 Å². The smallest absolute Gasteiger partial charge is 0.400 e. The number of hydrogen-bond donors (Lipinski definition) is 1. The minimum Gasteiger partial charge on any atom is -0.508 e. The van der Waals surface area contributed by atoms with E-state index in [1.54, 1.807) is 30.3 Å². The van der Waals surface area contributed by atoms with E-state index in [9.17, 15) is 0 Å². The summed E-state index contributed by atoms with van der Waals surface area (Å²) in [7, 11) is 0. The van der Waals surface area contributed by atoms with Gasteiger partial charge in [0.25, 0.3) is 0 Å². The minimum atomic E-state index is 0.137. The molecular formula is C13H8ClNO3. The van der Waals surface area contributed by atoms with Gasteiger partial charge in [0.15, 0.2) is 5.58 Å². The molecular weight excluding hydrogens is 254 g/mol. The Kier molecular flexibility index (Phi) is 2.57. The van der Waals surface area contributed by atoms with Crippen LogP contribution in [0.5, 0.6) is 17.6 Å². The molecule has 0 unspecified atom stereocenters. The van der Waals surface area contributed by atoms with Crippen molar-refractivity contribution in [2.24, 2.45) is 0 Å². The number of hydrogen-bond acceptors (Lipinski definition) is 4. The Bertz CT molecular complexity index is 691. The van der Waals surface area contributed by atoms with Crippen LogP contribution in [-0.4, -0.2) is 10.1 Å². The summed E-state index contributed by atoms with van der Waals surface area (Å²) in [4.78, 5) is 4.16. The Morgan fingerprint density at radius 2 is 1.89 bits per heavy atom. The van der Waals surface area contributed by atoms with Gasteiger partial charge in [-0.15, -0.1) is 0 Å². The van der Waals surface area contributed by atoms with E-state index in [1.165, 1.54) is 12.1 Å². The second-order valence-corrected chi connectivity index (χ2v) is 4.12. The lowest BCUT2D eigenvalue weighted by molar-refractivity contribution is 0.342. The predicted molar refractivity (Wildman–Crippen MR) is 67.2 cm³/mol. The third-order valence-corrected chi connectivity index (χ3v) is 2.61. The van der Waals surface area contributed by atoms with Crippen LogP contribution in [0.15, 0.2) is 46.9 Å². The molecule has 0 aliphatic heterocycles. The zero-order valence-electron chi connectivity index (χ0n) is 9.13. The molecule has 2 aromatic carbocycles. The lowest BCUT2D eigenvalue weighted by atomic mass is 10.3. The first-order valence-electron chi connectivity index (χ1n) is 5.24. The van der Waals surface area contributed by atoms with Crippen molar-refractivity contribution in [3.8, 4) is 17.6 Å². The van der Waals surface area contributed by atoms with Gasteiger partial charge in [0, 0.05) is 11.1 Å². The summed E-state index contributed by atoms with van der Waals surface area (Å²) in [5, 5.41) is 9.74. The molecule has 0 fully saturated rings. The third-order valence-electron chi connectivity index (χ3n) is 2.37. The van der Waals surface area contributed by atoms with Crippen LogP contribution in [-0.2, 0) is 0 Å². The lowest BCUT2D eigenvalue weighted by Gasteiger charge is -1.99. The van der Waals surface area contributed by atoms with Crippen LogP contribution in [0.3, 0.4) is 0 Å². The molecule has 90 valence electrons. The molecule has 1 N–H and O–H groups in total. The quantitative estimate of drug-likeness (QED) is 0.758. The van der Waals surface area contributed by atoms with Gasteiger partial charge in [0.2, 0.25) is 0 Å². The van der Waals surface area contributed by atoms with E-state index in [0.717, 1.165) is 0 Å². The first-order chi connectivity index (χ1) is 8.70. The molecule has 0 radical (unpaired) electrons. The second kappa shape index (κ2) is 4.23. The average molecular weight is 262 g/mol. The molecule has 0 atom stereocenters. The molecule has 1 aromatic heterocycles. The number of halogens is 1. The van der Waals surface area contributed by atoms with Gasteiger partial charge in [0.1, 0.15) is 17.0 Å². The molecule has 0 aliphatic rings. The fourth-order valence-corrected chi connectivity index (χ4v) is 1.70. The molecule has 5 heteroatoms. The molecule has 0 spiro atoms. The SMILES string of the molecule is Oc1ccc(Oc2nc3ccc(Cl)cc3o2)cc1. The molecule has 0 amide bonds. The van der Waals surface area contributed by atoms with E-state index in [1.807, 2.05) is 0 Å². The van der Waals surface area contributed by atoms with Crippen LogP contribution >= 0.6 is 11.6 Å². The highest BCUT2D eigenvalue weighted by Crippen LogP contribution is 2.27. The second-order valence-electron chi connectivity index (χ2n) is 3.69. The molecule has 3 aromatic rings. The summed E-state index contributed by atoms with van der Waals surface area (Å²) in [6, 6.07) is 11.5. The summed E-state index contributed by atoms with van der Waals surface area (Å²) >= 11 is 5.85. The van der Waals surface area contributed by atoms with Gasteiger partial charge in [-0.1, -0.05) is 11.6 Å². The maximum Gasteiger partial charge on any atom is 0.400 e. The first-order valence-corrected chi connectivity index (χ1v) is 5.61. The Labute approximate surface area is 107 Å².